The van der Waals surface area contributed by atoms with Crippen LogP contribution >= 0.6 is 22.6 Å². The maximum atomic E-state index is 11.1. The van der Waals surface area contributed by atoms with Crippen molar-refractivity contribution >= 4 is 28.6 Å². The number of carbonyl (C=O) groups is 1. The molecule has 3 heteroatoms. The maximum absolute atomic E-state index is 11.1. The van der Waals surface area contributed by atoms with Gasteiger partial charge in [-0.2, -0.15) is 0 Å². The van der Waals surface area contributed by atoms with Gasteiger partial charge in [0.05, 0.1) is 5.56 Å². The summed E-state index contributed by atoms with van der Waals surface area (Å²) in [4.78, 5) is 11.1. The van der Waals surface area contributed by atoms with Crippen molar-refractivity contribution in [2.45, 2.75) is 57.8 Å². The first kappa shape index (κ1) is 17.5. The zero-order valence-corrected chi connectivity index (χ0v) is 14.3. The Morgan fingerprint density at radius 1 is 0.900 bits per heavy atom. The van der Waals surface area contributed by atoms with Gasteiger partial charge < -0.3 is 5.11 Å². The topological polar surface area (TPSA) is 37.3 Å². The van der Waals surface area contributed by atoms with E-state index >= 15 is 0 Å². The highest BCUT2D eigenvalue weighted by molar-refractivity contribution is 14.1. The summed E-state index contributed by atoms with van der Waals surface area (Å²) in [6, 6.07) is 7.36. The molecule has 0 heterocycles. The lowest BCUT2D eigenvalue weighted by Crippen LogP contribution is -2.02. The van der Waals surface area contributed by atoms with E-state index < -0.39 is 5.97 Å². The van der Waals surface area contributed by atoms with Crippen LogP contribution in [0.3, 0.4) is 0 Å². The summed E-state index contributed by atoms with van der Waals surface area (Å²) < 4.78 is 1.28. The van der Waals surface area contributed by atoms with E-state index in [1.54, 1.807) is 12.1 Å². The first-order valence-electron chi connectivity index (χ1n) is 7.63. The van der Waals surface area contributed by atoms with E-state index in [4.69, 9.17) is 5.11 Å². The van der Waals surface area contributed by atoms with E-state index in [9.17, 15) is 4.79 Å². The number of aryl methyl sites for hydroxylation is 1. The van der Waals surface area contributed by atoms with E-state index in [1.807, 2.05) is 12.1 Å². The SMILES string of the molecule is O=C(O)c1ccccc1CCCCCCCCCCI. The summed E-state index contributed by atoms with van der Waals surface area (Å²) in [6.45, 7) is 0. The standard InChI is InChI=1S/C17H25IO2/c18-14-10-6-4-2-1-3-5-7-11-15-12-8-9-13-16(15)17(19)20/h8-9,12-13H,1-7,10-11,14H2,(H,19,20). The Hall–Kier alpha value is -0.580. The normalized spacial score (nSPS) is 10.7. The predicted octanol–water partition coefficient (Wildman–Crippen LogP) is 5.48. The summed E-state index contributed by atoms with van der Waals surface area (Å²) in [5.41, 5.74) is 1.44. The van der Waals surface area contributed by atoms with E-state index in [2.05, 4.69) is 22.6 Å². The number of aromatic carboxylic acids is 1. The second kappa shape index (κ2) is 11.1. The highest BCUT2D eigenvalue weighted by atomic mass is 127. The van der Waals surface area contributed by atoms with Crippen LogP contribution in [0.1, 0.15) is 67.3 Å². The lowest BCUT2D eigenvalue weighted by molar-refractivity contribution is 0.0695. The summed E-state index contributed by atoms with van der Waals surface area (Å²) in [5.74, 6) is -0.809. The molecule has 0 bridgehead atoms. The van der Waals surface area contributed by atoms with Crippen molar-refractivity contribution < 1.29 is 9.90 Å². The average Bonchev–Trinajstić information content (AvgIpc) is 2.46. The second-order valence-electron chi connectivity index (χ2n) is 5.23. The Kier molecular flexibility index (Phi) is 9.71. The fourth-order valence-corrected chi connectivity index (χ4v) is 2.96. The van der Waals surface area contributed by atoms with Crippen LogP contribution in [0.25, 0.3) is 0 Å². The van der Waals surface area contributed by atoms with Crippen LogP contribution < -0.4 is 0 Å². The number of hydrogen-bond acceptors (Lipinski definition) is 1. The smallest absolute Gasteiger partial charge is 0.335 e. The molecule has 0 spiro atoms. The molecule has 112 valence electrons. The predicted molar refractivity (Wildman–Crippen MR) is 92.9 cm³/mol. The summed E-state index contributed by atoms with van der Waals surface area (Å²) >= 11 is 2.44. The third kappa shape index (κ3) is 7.27. The maximum Gasteiger partial charge on any atom is 0.335 e. The fourth-order valence-electron chi connectivity index (χ4n) is 2.42. The van der Waals surface area contributed by atoms with Crippen LogP contribution in [0, 0.1) is 0 Å². The number of rotatable bonds is 11. The van der Waals surface area contributed by atoms with Crippen LogP contribution in [0.15, 0.2) is 24.3 Å². The third-order valence-electron chi connectivity index (χ3n) is 3.58. The van der Waals surface area contributed by atoms with Crippen molar-refractivity contribution in [3.8, 4) is 0 Å². The molecule has 0 radical (unpaired) electrons. The van der Waals surface area contributed by atoms with Crippen molar-refractivity contribution in [1.29, 1.82) is 0 Å². The van der Waals surface area contributed by atoms with Gasteiger partial charge in [0, 0.05) is 0 Å². The van der Waals surface area contributed by atoms with Crippen LogP contribution in [0.4, 0.5) is 0 Å². The summed E-state index contributed by atoms with van der Waals surface area (Å²) in [6.07, 6.45) is 11.2. The quantitative estimate of drug-likeness (QED) is 0.310. The molecule has 1 aromatic carbocycles. The Morgan fingerprint density at radius 2 is 1.45 bits per heavy atom. The lowest BCUT2D eigenvalue weighted by atomic mass is 10.0. The monoisotopic (exact) mass is 388 g/mol. The molecule has 0 saturated carbocycles. The Bertz CT molecular complexity index is 390. The van der Waals surface area contributed by atoms with Gasteiger partial charge in [0.15, 0.2) is 0 Å². The Labute approximate surface area is 136 Å². The molecule has 0 amide bonds. The van der Waals surface area contributed by atoms with Crippen LogP contribution in [-0.4, -0.2) is 15.5 Å². The molecule has 0 saturated heterocycles. The molecule has 0 fully saturated rings. The van der Waals surface area contributed by atoms with E-state index in [-0.39, 0.29) is 0 Å². The molecule has 20 heavy (non-hydrogen) atoms. The van der Waals surface area contributed by atoms with Gasteiger partial charge in [0.25, 0.3) is 0 Å². The first-order valence-corrected chi connectivity index (χ1v) is 9.15. The molecule has 1 aromatic rings. The molecule has 0 aliphatic heterocycles. The van der Waals surface area contributed by atoms with E-state index in [0.717, 1.165) is 18.4 Å². The zero-order valence-electron chi connectivity index (χ0n) is 12.1. The zero-order chi connectivity index (χ0) is 14.6. The molecule has 0 aliphatic rings. The van der Waals surface area contributed by atoms with Gasteiger partial charge in [0.2, 0.25) is 0 Å². The van der Waals surface area contributed by atoms with Crippen LogP contribution in [-0.2, 0) is 6.42 Å². The molecule has 1 rings (SSSR count). The molecule has 0 atom stereocenters. The third-order valence-corrected chi connectivity index (χ3v) is 4.34. The van der Waals surface area contributed by atoms with Gasteiger partial charge in [-0.05, 0) is 35.3 Å². The van der Waals surface area contributed by atoms with Crippen molar-refractivity contribution in [3.05, 3.63) is 35.4 Å². The Balaban J connectivity index is 2.11. The van der Waals surface area contributed by atoms with E-state index in [1.165, 1.54) is 49.4 Å². The van der Waals surface area contributed by atoms with Gasteiger partial charge in [0.1, 0.15) is 0 Å². The molecular formula is C17H25IO2. The van der Waals surface area contributed by atoms with Crippen molar-refractivity contribution in [2.24, 2.45) is 0 Å². The number of benzene rings is 1. The van der Waals surface area contributed by atoms with E-state index in [0.29, 0.717) is 5.56 Å². The number of hydrogen-bond donors (Lipinski definition) is 1. The first-order chi connectivity index (χ1) is 9.75. The van der Waals surface area contributed by atoms with Gasteiger partial charge >= 0.3 is 5.97 Å². The molecule has 2 nitrogen and oxygen atoms in total. The fraction of sp³-hybridized carbons (Fsp3) is 0.588. The summed E-state index contributed by atoms with van der Waals surface area (Å²) in [5, 5.41) is 9.11. The van der Waals surface area contributed by atoms with Gasteiger partial charge in [-0.3, -0.25) is 0 Å². The van der Waals surface area contributed by atoms with Gasteiger partial charge in [-0.1, -0.05) is 79.3 Å². The van der Waals surface area contributed by atoms with Crippen LogP contribution in [0.5, 0.6) is 0 Å². The number of alkyl halides is 1. The largest absolute Gasteiger partial charge is 0.478 e. The highest BCUT2D eigenvalue weighted by Crippen LogP contribution is 2.14. The second-order valence-corrected chi connectivity index (χ2v) is 6.31. The number of halogens is 1. The van der Waals surface area contributed by atoms with Gasteiger partial charge in [-0.15, -0.1) is 0 Å². The van der Waals surface area contributed by atoms with Crippen molar-refractivity contribution in [1.82, 2.24) is 0 Å². The van der Waals surface area contributed by atoms with Gasteiger partial charge in [-0.25, -0.2) is 4.79 Å². The Morgan fingerprint density at radius 3 is 2.05 bits per heavy atom. The molecule has 0 unspecified atom stereocenters. The molecular weight excluding hydrogens is 363 g/mol. The minimum absolute atomic E-state index is 0.464. The summed E-state index contributed by atoms with van der Waals surface area (Å²) in [7, 11) is 0. The number of carboxylic acid groups (broad SMARTS) is 1. The van der Waals surface area contributed by atoms with Crippen LogP contribution in [0.2, 0.25) is 0 Å². The highest BCUT2D eigenvalue weighted by Gasteiger charge is 2.07. The molecule has 1 N–H and O–H groups in total. The van der Waals surface area contributed by atoms with Crippen molar-refractivity contribution in [2.75, 3.05) is 4.43 Å². The molecule has 0 aliphatic carbocycles. The minimum atomic E-state index is -0.809. The average molecular weight is 388 g/mol. The van der Waals surface area contributed by atoms with Crippen molar-refractivity contribution in [3.63, 3.8) is 0 Å². The minimum Gasteiger partial charge on any atom is -0.478 e. The number of carboxylic acids is 1. The molecule has 0 aromatic heterocycles. The number of unbranched alkanes of at least 4 members (excludes halogenated alkanes) is 7. The lowest BCUT2D eigenvalue weighted by Gasteiger charge is -2.06.